The Hall–Kier alpha value is -3.84. The van der Waals surface area contributed by atoms with Crippen molar-refractivity contribution >= 4 is 39.3 Å². The van der Waals surface area contributed by atoms with Gasteiger partial charge in [-0.3, -0.25) is 4.79 Å². The lowest BCUT2D eigenvalue weighted by Crippen LogP contribution is -2.57. The molecule has 2 amide bonds. The predicted molar refractivity (Wildman–Crippen MR) is 175 cm³/mol. The van der Waals surface area contributed by atoms with Crippen LogP contribution in [0.25, 0.3) is 0 Å². The molecular formula is C33H39ClN4O7S. The monoisotopic (exact) mass is 670 g/mol. The lowest BCUT2D eigenvalue weighted by atomic mass is 9.80. The Balaban J connectivity index is 1.81. The first-order chi connectivity index (χ1) is 21.9. The molecule has 0 radical (unpaired) electrons. The maximum Gasteiger partial charge on any atom is 0.410 e. The second-order valence-corrected chi connectivity index (χ2v) is 13.9. The van der Waals surface area contributed by atoms with E-state index in [4.69, 9.17) is 25.8 Å². The number of carbonyl (C=O) groups excluding carboxylic acids is 2. The Kier molecular flexibility index (Phi) is 9.55. The molecule has 0 spiro atoms. The summed E-state index contributed by atoms with van der Waals surface area (Å²) in [7, 11) is 4.04. The summed E-state index contributed by atoms with van der Waals surface area (Å²) in [5, 5.41) is 0.306. The molecule has 2 aliphatic heterocycles. The normalized spacial score (nSPS) is 19.8. The molecule has 1 unspecified atom stereocenters. The van der Waals surface area contributed by atoms with Gasteiger partial charge in [-0.25, -0.2) is 22.4 Å². The molecule has 13 heteroatoms. The van der Waals surface area contributed by atoms with Gasteiger partial charge in [-0.05, 0) is 94.0 Å². The lowest BCUT2D eigenvalue weighted by molar-refractivity contribution is -0.132. The van der Waals surface area contributed by atoms with Gasteiger partial charge in [0.05, 0.1) is 24.3 Å². The van der Waals surface area contributed by atoms with Gasteiger partial charge in [0.25, 0.3) is 15.9 Å². The number of ether oxygens (including phenoxy) is 3. The first-order valence-corrected chi connectivity index (χ1v) is 16.8. The molecule has 246 valence electrons. The first kappa shape index (κ1) is 33.5. The van der Waals surface area contributed by atoms with Crippen LogP contribution >= 0.6 is 11.6 Å². The minimum absolute atomic E-state index is 0.0914. The van der Waals surface area contributed by atoms with Crippen molar-refractivity contribution in [3.63, 3.8) is 0 Å². The summed E-state index contributed by atoms with van der Waals surface area (Å²) >= 11 is 6.61. The number of likely N-dealkylation sites (tertiary alicyclic amines) is 1. The molecule has 0 N–H and O–H groups in total. The van der Waals surface area contributed by atoms with E-state index < -0.39 is 33.8 Å². The van der Waals surface area contributed by atoms with Crippen LogP contribution in [0.4, 0.5) is 10.5 Å². The van der Waals surface area contributed by atoms with Crippen LogP contribution in [0.3, 0.4) is 0 Å². The van der Waals surface area contributed by atoms with E-state index in [9.17, 15) is 13.2 Å². The van der Waals surface area contributed by atoms with Crippen molar-refractivity contribution in [1.29, 1.82) is 0 Å². The highest BCUT2D eigenvalue weighted by atomic mass is 35.5. The molecule has 2 aliphatic rings. The van der Waals surface area contributed by atoms with E-state index in [2.05, 4.69) is 0 Å². The van der Waals surface area contributed by atoms with Gasteiger partial charge in [0.1, 0.15) is 11.5 Å². The summed E-state index contributed by atoms with van der Waals surface area (Å²) < 4.78 is 47.2. The minimum Gasteiger partial charge on any atom is -0.496 e. The van der Waals surface area contributed by atoms with E-state index >= 15 is 4.79 Å². The van der Waals surface area contributed by atoms with Crippen LogP contribution in [0.1, 0.15) is 36.5 Å². The zero-order valence-electron chi connectivity index (χ0n) is 26.8. The Morgan fingerprint density at radius 1 is 1.02 bits per heavy atom. The molecule has 46 heavy (non-hydrogen) atoms. The smallest absolute Gasteiger partial charge is 0.410 e. The highest BCUT2D eigenvalue weighted by Gasteiger charge is 2.63. The number of halogens is 1. The third kappa shape index (κ3) is 5.79. The van der Waals surface area contributed by atoms with Crippen molar-refractivity contribution in [1.82, 2.24) is 14.7 Å². The predicted octanol–water partition coefficient (Wildman–Crippen LogP) is 4.91. The van der Waals surface area contributed by atoms with Crippen LogP contribution in [0.15, 0.2) is 65.6 Å². The van der Waals surface area contributed by atoms with Crippen LogP contribution in [0.5, 0.6) is 11.5 Å². The second-order valence-electron chi connectivity index (χ2n) is 11.7. The number of hydrogen-bond donors (Lipinski definition) is 0. The fourth-order valence-electron chi connectivity index (χ4n) is 6.22. The van der Waals surface area contributed by atoms with Crippen LogP contribution in [-0.2, 0) is 31.6 Å². The number of sulfonamides is 1. The minimum atomic E-state index is -4.46. The number of hydrogen-bond acceptors (Lipinski definition) is 9. The number of amides is 2. The molecule has 1 fully saturated rings. The average Bonchev–Trinajstić information content (AvgIpc) is 3.57. The van der Waals surface area contributed by atoms with Gasteiger partial charge < -0.3 is 24.0 Å². The fourth-order valence-corrected chi connectivity index (χ4v) is 7.85. The zero-order chi connectivity index (χ0) is 33.4. The third-order valence-corrected chi connectivity index (χ3v) is 10.1. The molecule has 2 atom stereocenters. The number of anilines is 1. The SMILES string of the molecule is CCOc1ccc(S(=O)(=O)N2C(=O)C(c3cc(CN(C)C)ccc3OC)(N3CCC[C@@H]3OC(=O)N(C)C)c3cc(Cl)ccc32)cc1. The van der Waals surface area contributed by atoms with E-state index in [1.165, 1.54) is 30.2 Å². The summed E-state index contributed by atoms with van der Waals surface area (Å²) in [4.78, 5) is 33.2. The van der Waals surface area contributed by atoms with Crippen molar-refractivity contribution in [3.05, 3.63) is 82.4 Å². The standard InChI is InChI=1S/C33H39ClN4O7S/c1-7-44-24-12-14-25(15-13-24)46(41,42)38-28-16-11-23(34)20-26(28)33(31(38)39,37-18-8-9-30(37)45-32(40)36(4)5)27-19-22(21-35(2)3)10-17-29(27)43-6/h10-17,19-20,30H,7-9,18,21H2,1-6H3/t30-,33?/m0/s1. The lowest BCUT2D eigenvalue weighted by Gasteiger charge is -2.41. The molecule has 0 aliphatic carbocycles. The van der Waals surface area contributed by atoms with E-state index in [1.807, 2.05) is 38.1 Å². The molecule has 0 saturated carbocycles. The topological polar surface area (TPSA) is 109 Å². The first-order valence-electron chi connectivity index (χ1n) is 15.0. The Morgan fingerprint density at radius 2 is 1.74 bits per heavy atom. The van der Waals surface area contributed by atoms with Crippen molar-refractivity contribution in [2.75, 3.05) is 52.8 Å². The molecule has 0 bridgehead atoms. The van der Waals surface area contributed by atoms with Gasteiger partial charge in [0, 0.05) is 43.3 Å². The van der Waals surface area contributed by atoms with Gasteiger partial charge in [0.15, 0.2) is 11.8 Å². The molecular weight excluding hydrogens is 632 g/mol. The van der Waals surface area contributed by atoms with E-state index in [0.29, 0.717) is 60.2 Å². The number of nitrogens with zero attached hydrogens (tertiary/aromatic N) is 4. The molecule has 0 aromatic heterocycles. The van der Waals surface area contributed by atoms with Gasteiger partial charge in [-0.1, -0.05) is 17.7 Å². The summed E-state index contributed by atoms with van der Waals surface area (Å²) in [6, 6.07) is 16.2. The van der Waals surface area contributed by atoms with Crippen LogP contribution in [-0.4, -0.2) is 89.8 Å². The summed E-state index contributed by atoms with van der Waals surface area (Å²) in [6.45, 7) is 3.11. The summed E-state index contributed by atoms with van der Waals surface area (Å²) in [5.74, 6) is 0.110. The van der Waals surface area contributed by atoms with Crippen LogP contribution in [0.2, 0.25) is 5.02 Å². The molecule has 5 rings (SSSR count). The van der Waals surface area contributed by atoms with Crippen molar-refractivity contribution in [2.45, 2.75) is 43.0 Å². The van der Waals surface area contributed by atoms with Gasteiger partial charge >= 0.3 is 6.09 Å². The average molecular weight is 671 g/mol. The van der Waals surface area contributed by atoms with Crippen molar-refractivity contribution < 1.29 is 32.2 Å². The fraction of sp³-hybridized carbons (Fsp3) is 0.394. The van der Waals surface area contributed by atoms with E-state index in [1.54, 1.807) is 49.3 Å². The number of methoxy groups -OCH3 is 1. The molecule has 3 aromatic carbocycles. The Labute approximate surface area is 275 Å². The maximum atomic E-state index is 15.4. The molecule has 3 aromatic rings. The van der Waals surface area contributed by atoms with Crippen LogP contribution < -0.4 is 13.8 Å². The molecule has 2 heterocycles. The zero-order valence-corrected chi connectivity index (χ0v) is 28.4. The van der Waals surface area contributed by atoms with Crippen molar-refractivity contribution in [3.8, 4) is 11.5 Å². The van der Waals surface area contributed by atoms with E-state index in [0.717, 1.165) is 9.87 Å². The second kappa shape index (κ2) is 13.1. The van der Waals surface area contributed by atoms with Crippen LogP contribution in [0, 0.1) is 0 Å². The van der Waals surface area contributed by atoms with Crippen molar-refractivity contribution in [2.24, 2.45) is 0 Å². The maximum absolute atomic E-state index is 15.4. The highest BCUT2D eigenvalue weighted by Crippen LogP contribution is 2.55. The third-order valence-electron chi connectivity index (χ3n) is 8.12. The number of carbonyl (C=O) groups is 2. The number of fused-ring (bicyclic) bond motifs is 1. The summed E-state index contributed by atoms with van der Waals surface area (Å²) in [5.41, 5.74) is -0.0222. The van der Waals surface area contributed by atoms with Gasteiger partial charge in [-0.2, -0.15) is 0 Å². The van der Waals surface area contributed by atoms with E-state index in [-0.39, 0.29) is 10.6 Å². The largest absolute Gasteiger partial charge is 0.496 e. The highest BCUT2D eigenvalue weighted by molar-refractivity contribution is 7.93. The van der Waals surface area contributed by atoms with Gasteiger partial charge in [0.2, 0.25) is 0 Å². The Bertz CT molecular complexity index is 1730. The molecule has 11 nitrogen and oxygen atoms in total. The number of benzene rings is 3. The summed E-state index contributed by atoms with van der Waals surface area (Å²) in [6.07, 6.45) is -0.436. The number of rotatable bonds is 10. The van der Waals surface area contributed by atoms with Gasteiger partial charge in [-0.15, -0.1) is 0 Å². The quantitative estimate of drug-likeness (QED) is 0.297. The Morgan fingerprint density at radius 3 is 2.37 bits per heavy atom. The molecule has 1 saturated heterocycles.